The number of hydrogen-bond donors (Lipinski definition) is 1. The van der Waals surface area contributed by atoms with E-state index >= 15 is 0 Å². The molecule has 0 aliphatic carbocycles. The van der Waals surface area contributed by atoms with Gasteiger partial charge in [0.2, 0.25) is 0 Å². The maximum Gasteiger partial charge on any atom is 0.264 e. The summed E-state index contributed by atoms with van der Waals surface area (Å²) in [5.41, 5.74) is 5.02. The van der Waals surface area contributed by atoms with E-state index in [0.29, 0.717) is 17.7 Å². The molecule has 1 N–H and O–H groups in total. The first kappa shape index (κ1) is 23.5. The monoisotopic (exact) mass is 526 g/mol. The molecule has 3 aromatic carbocycles. The van der Waals surface area contributed by atoms with Crippen LogP contribution in [-0.4, -0.2) is 20.4 Å². The number of aryl methyl sites for hydroxylation is 2. The van der Waals surface area contributed by atoms with Crippen molar-refractivity contribution in [2.45, 2.75) is 51.0 Å². The smallest absolute Gasteiger partial charge is 0.264 e. The molecule has 0 aromatic heterocycles. The van der Waals surface area contributed by atoms with Gasteiger partial charge in [0.1, 0.15) is 0 Å². The highest BCUT2D eigenvalue weighted by atomic mass is 79.9. The Hall–Kier alpha value is -2.64. The molecule has 3 aromatic rings. The van der Waals surface area contributed by atoms with Gasteiger partial charge in [0, 0.05) is 21.8 Å². The van der Waals surface area contributed by atoms with Crippen molar-refractivity contribution in [2.75, 3.05) is 9.62 Å². The van der Waals surface area contributed by atoms with Crippen molar-refractivity contribution in [2.24, 2.45) is 0 Å². The molecular weight excluding hydrogens is 500 g/mol. The largest absolute Gasteiger partial charge is 0.321 e. The van der Waals surface area contributed by atoms with Gasteiger partial charge in [-0.3, -0.25) is 9.10 Å². The summed E-state index contributed by atoms with van der Waals surface area (Å²) < 4.78 is 29.0. The van der Waals surface area contributed by atoms with E-state index in [0.717, 1.165) is 39.7 Å². The molecular formula is C26H27BrN2O3S. The predicted octanol–water partition coefficient (Wildman–Crippen LogP) is 5.97. The Balaban J connectivity index is 1.65. The second-order valence-electron chi connectivity index (χ2n) is 8.27. The third kappa shape index (κ3) is 4.44. The Kier molecular flexibility index (Phi) is 6.64. The van der Waals surface area contributed by atoms with Crippen LogP contribution in [-0.2, 0) is 29.3 Å². The fourth-order valence-corrected chi connectivity index (χ4v) is 6.71. The van der Waals surface area contributed by atoms with Gasteiger partial charge in [0.25, 0.3) is 15.9 Å². The Labute approximate surface area is 204 Å². The summed E-state index contributed by atoms with van der Waals surface area (Å²) >= 11 is 3.55. The van der Waals surface area contributed by atoms with Crippen LogP contribution in [0.25, 0.3) is 0 Å². The van der Waals surface area contributed by atoms with Crippen LogP contribution in [0.5, 0.6) is 0 Å². The van der Waals surface area contributed by atoms with E-state index in [1.54, 1.807) is 42.5 Å². The maximum atomic E-state index is 13.3. The van der Waals surface area contributed by atoms with Gasteiger partial charge < -0.3 is 5.32 Å². The lowest BCUT2D eigenvalue weighted by molar-refractivity contribution is 0.102. The lowest BCUT2D eigenvalue weighted by Gasteiger charge is -2.24. The zero-order valence-electron chi connectivity index (χ0n) is 18.9. The first-order valence-electron chi connectivity index (χ1n) is 11.1. The minimum Gasteiger partial charge on any atom is -0.321 e. The van der Waals surface area contributed by atoms with Crippen LogP contribution in [0.15, 0.2) is 70.0 Å². The average molecular weight is 527 g/mol. The number of nitrogens with zero attached hydrogens (tertiary/aromatic N) is 1. The Bertz CT molecular complexity index is 1280. The predicted molar refractivity (Wildman–Crippen MR) is 137 cm³/mol. The van der Waals surface area contributed by atoms with Gasteiger partial charge in [-0.1, -0.05) is 48.0 Å². The number of halogens is 1. The number of carbonyl (C=O) groups excluding carboxylic acids is 1. The van der Waals surface area contributed by atoms with Gasteiger partial charge in [0.05, 0.1) is 10.6 Å². The summed E-state index contributed by atoms with van der Waals surface area (Å²) in [6.45, 7) is 6.02. The summed E-state index contributed by atoms with van der Waals surface area (Å²) in [4.78, 5) is 13.4. The number of carbonyl (C=O) groups is 1. The van der Waals surface area contributed by atoms with Crippen LogP contribution in [0, 0.1) is 0 Å². The van der Waals surface area contributed by atoms with Gasteiger partial charge in [0.15, 0.2) is 0 Å². The second-order valence-corrected chi connectivity index (χ2v) is 11.0. The number of amides is 1. The van der Waals surface area contributed by atoms with Crippen molar-refractivity contribution >= 4 is 43.2 Å². The molecule has 1 aliphatic rings. The van der Waals surface area contributed by atoms with Crippen LogP contribution in [0.3, 0.4) is 0 Å². The summed E-state index contributed by atoms with van der Waals surface area (Å²) in [5, 5.41) is 3.10. The van der Waals surface area contributed by atoms with E-state index in [2.05, 4.69) is 35.1 Å². The zero-order chi connectivity index (χ0) is 23.8. The van der Waals surface area contributed by atoms with Crippen LogP contribution in [0.1, 0.15) is 47.8 Å². The molecule has 1 aliphatic heterocycles. The molecule has 0 spiro atoms. The number of benzene rings is 3. The van der Waals surface area contributed by atoms with Gasteiger partial charge in [-0.15, -0.1) is 0 Å². The molecule has 1 heterocycles. The third-order valence-corrected chi connectivity index (χ3v) is 8.46. The molecule has 172 valence electrons. The molecule has 0 bridgehead atoms. The van der Waals surface area contributed by atoms with E-state index in [9.17, 15) is 13.2 Å². The summed E-state index contributed by atoms with van der Waals surface area (Å²) in [6, 6.07) is 17.6. The standard InChI is InChI=1S/C26H27BrN2O3S/c1-4-18-15-22(27)16-19(5-2)25(18)28-26(30)20-11-12-24-21(14-20)13-17(3)29(24)33(31,32)23-9-7-6-8-10-23/h6-12,14-17H,4-5,13H2,1-3H3,(H,28,30)/t17-/m1/s1. The van der Waals surface area contributed by atoms with E-state index in [4.69, 9.17) is 0 Å². The van der Waals surface area contributed by atoms with Crippen molar-refractivity contribution in [3.8, 4) is 0 Å². The lowest BCUT2D eigenvalue weighted by atomic mass is 10.0. The molecule has 1 atom stereocenters. The quantitative estimate of drug-likeness (QED) is 0.430. The topological polar surface area (TPSA) is 66.5 Å². The van der Waals surface area contributed by atoms with E-state index < -0.39 is 10.0 Å². The molecule has 33 heavy (non-hydrogen) atoms. The molecule has 0 fully saturated rings. The van der Waals surface area contributed by atoms with Gasteiger partial charge in [-0.2, -0.15) is 0 Å². The molecule has 5 nitrogen and oxygen atoms in total. The third-order valence-electron chi connectivity index (χ3n) is 6.06. The van der Waals surface area contributed by atoms with Crippen molar-refractivity contribution in [1.29, 1.82) is 0 Å². The summed E-state index contributed by atoms with van der Waals surface area (Å²) in [7, 11) is -3.68. The van der Waals surface area contributed by atoms with Crippen LogP contribution in [0.4, 0.5) is 11.4 Å². The minimum atomic E-state index is -3.68. The van der Waals surface area contributed by atoms with Crippen molar-refractivity contribution in [3.05, 3.63) is 87.4 Å². The number of sulfonamides is 1. The lowest BCUT2D eigenvalue weighted by Crippen LogP contribution is -2.35. The van der Waals surface area contributed by atoms with Crippen molar-refractivity contribution < 1.29 is 13.2 Å². The minimum absolute atomic E-state index is 0.193. The molecule has 0 radical (unpaired) electrons. The van der Waals surface area contributed by atoms with Crippen molar-refractivity contribution in [1.82, 2.24) is 0 Å². The Morgan fingerprint density at radius 2 is 1.67 bits per heavy atom. The molecule has 0 saturated heterocycles. The van der Waals surface area contributed by atoms with Gasteiger partial charge in [-0.25, -0.2) is 8.42 Å². The highest BCUT2D eigenvalue weighted by Gasteiger charge is 2.36. The molecule has 0 saturated carbocycles. The number of rotatable bonds is 6. The molecule has 7 heteroatoms. The fraction of sp³-hybridized carbons (Fsp3) is 0.269. The van der Waals surface area contributed by atoms with Gasteiger partial charge in [-0.05, 0) is 85.3 Å². The van der Waals surface area contributed by atoms with E-state index in [1.807, 2.05) is 25.1 Å². The average Bonchev–Trinajstić information content (AvgIpc) is 3.15. The Morgan fingerprint density at radius 1 is 1.03 bits per heavy atom. The normalized spacial score (nSPS) is 15.4. The highest BCUT2D eigenvalue weighted by Crippen LogP contribution is 2.37. The van der Waals surface area contributed by atoms with Crippen LogP contribution in [0.2, 0.25) is 0 Å². The molecule has 1 amide bonds. The summed E-state index contributed by atoms with van der Waals surface area (Å²) in [6.07, 6.45) is 2.16. The fourth-order valence-electron chi connectivity index (χ4n) is 4.45. The summed E-state index contributed by atoms with van der Waals surface area (Å²) in [5.74, 6) is -0.193. The van der Waals surface area contributed by atoms with Gasteiger partial charge >= 0.3 is 0 Å². The number of fused-ring (bicyclic) bond motifs is 1. The second kappa shape index (κ2) is 9.31. The first-order chi connectivity index (χ1) is 15.8. The van der Waals surface area contributed by atoms with E-state index in [1.165, 1.54) is 4.31 Å². The number of anilines is 2. The number of nitrogens with one attached hydrogen (secondary N) is 1. The number of hydrogen-bond acceptors (Lipinski definition) is 3. The van der Waals surface area contributed by atoms with E-state index in [-0.39, 0.29) is 16.8 Å². The first-order valence-corrected chi connectivity index (χ1v) is 13.3. The zero-order valence-corrected chi connectivity index (χ0v) is 21.3. The highest BCUT2D eigenvalue weighted by molar-refractivity contribution is 9.10. The van der Waals surface area contributed by atoms with Crippen LogP contribution >= 0.6 is 15.9 Å². The van der Waals surface area contributed by atoms with Crippen molar-refractivity contribution in [3.63, 3.8) is 0 Å². The van der Waals surface area contributed by atoms with Crippen LogP contribution < -0.4 is 9.62 Å². The Morgan fingerprint density at radius 3 is 2.27 bits per heavy atom. The maximum absolute atomic E-state index is 13.3. The SMILES string of the molecule is CCc1cc(Br)cc(CC)c1NC(=O)c1ccc2c(c1)C[C@@H](C)N2S(=O)(=O)c1ccccc1. The molecule has 4 rings (SSSR count). The molecule has 0 unspecified atom stereocenters.